The first-order chi connectivity index (χ1) is 7.98. The lowest BCUT2D eigenvalue weighted by Crippen LogP contribution is -2.35. The minimum Gasteiger partial charge on any atom is -0.325 e. The molecule has 4 heteroatoms. The van der Waals surface area contributed by atoms with Crippen molar-refractivity contribution in [3.63, 3.8) is 0 Å². The van der Waals surface area contributed by atoms with Gasteiger partial charge in [0.1, 0.15) is 0 Å². The molecule has 1 saturated carbocycles. The average molecular weight is 253 g/mol. The van der Waals surface area contributed by atoms with Crippen LogP contribution in [0.1, 0.15) is 25.3 Å². The van der Waals surface area contributed by atoms with Gasteiger partial charge in [0, 0.05) is 16.2 Å². The molecule has 0 bridgehead atoms. The van der Waals surface area contributed by atoms with Gasteiger partial charge in [-0.15, -0.1) is 0 Å². The van der Waals surface area contributed by atoms with Crippen LogP contribution in [0.2, 0.25) is 5.02 Å². The summed E-state index contributed by atoms with van der Waals surface area (Å²) in [6.07, 6.45) is 2.30. The predicted octanol–water partition coefficient (Wildman–Crippen LogP) is 2.73. The van der Waals surface area contributed by atoms with Gasteiger partial charge >= 0.3 is 0 Å². The third-order valence-corrected chi connectivity index (χ3v) is 3.38. The van der Waals surface area contributed by atoms with Crippen LogP contribution in [0.15, 0.2) is 18.2 Å². The number of carbonyl (C=O) groups is 1. The van der Waals surface area contributed by atoms with Gasteiger partial charge in [-0.2, -0.15) is 0 Å². The summed E-state index contributed by atoms with van der Waals surface area (Å²) in [5, 5.41) is 6.74. The fourth-order valence-corrected chi connectivity index (χ4v) is 1.75. The smallest absolute Gasteiger partial charge is 0.238 e. The van der Waals surface area contributed by atoms with Gasteiger partial charge in [0.15, 0.2) is 0 Å². The molecule has 1 amide bonds. The second-order valence-corrected chi connectivity index (χ2v) is 5.36. The molecule has 0 radical (unpaired) electrons. The molecular formula is C13H17ClN2O. The highest BCUT2D eigenvalue weighted by Gasteiger charge is 2.36. The SMILES string of the molecule is Cc1ccc(Cl)cc1NC(=O)CNC1(C)CC1. The second kappa shape index (κ2) is 4.67. The molecule has 1 aliphatic carbocycles. The number of rotatable bonds is 4. The van der Waals surface area contributed by atoms with E-state index < -0.39 is 0 Å². The summed E-state index contributed by atoms with van der Waals surface area (Å²) in [5.41, 5.74) is 1.98. The van der Waals surface area contributed by atoms with Crippen molar-refractivity contribution in [1.82, 2.24) is 5.32 Å². The Hall–Kier alpha value is -1.06. The maximum atomic E-state index is 11.7. The van der Waals surface area contributed by atoms with Gasteiger partial charge in [-0.3, -0.25) is 4.79 Å². The number of amides is 1. The fraction of sp³-hybridized carbons (Fsp3) is 0.462. The van der Waals surface area contributed by atoms with E-state index in [4.69, 9.17) is 11.6 Å². The first kappa shape index (κ1) is 12.4. The minimum atomic E-state index is -0.0245. The number of hydrogen-bond acceptors (Lipinski definition) is 2. The first-order valence-corrected chi connectivity index (χ1v) is 6.17. The molecule has 92 valence electrons. The number of carbonyl (C=O) groups excluding carboxylic acids is 1. The standard InChI is InChI=1S/C13H17ClN2O/c1-9-3-4-10(14)7-11(9)16-12(17)8-15-13(2)5-6-13/h3-4,7,15H,5-6,8H2,1-2H3,(H,16,17). The quantitative estimate of drug-likeness (QED) is 0.865. The third kappa shape index (κ3) is 3.45. The van der Waals surface area contributed by atoms with E-state index in [0.717, 1.165) is 24.1 Å². The number of nitrogens with one attached hydrogen (secondary N) is 2. The van der Waals surface area contributed by atoms with Crippen molar-refractivity contribution >= 4 is 23.2 Å². The summed E-state index contributed by atoms with van der Waals surface area (Å²) in [7, 11) is 0. The van der Waals surface area contributed by atoms with Crippen molar-refractivity contribution in [2.45, 2.75) is 32.2 Å². The van der Waals surface area contributed by atoms with Crippen molar-refractivity contribution < 1.29 is 4.79 Å². The van der Waals surface area contributed by atoms with E-state index >= 15 is 0 Å². The van der Waals surface area contributed by atoms with Crippen LogP contribution in [0.3, 0.4) is 0 Å². The molecule has 0 atom stereocenters. The molecule has 3 nitrogen and oxygen atoms in total. The van der Waals surface area contributed by atoms with Crippen molar-refractivity contribution in [3.8, 4) is 0 Å². The van der Waals surface area contributed by atoms with Crippen LogP contribution in [0.25, 0.3) is 0 Å². The topological polar surface area (TPSA) is 41.1 Å². The van der Waals surface area contributed by atoms with Crippen molar-refractivity contribution in [1.29, 1.82) is 0 Å². The average Bonchev–Trinajstić information content (AvgIpc) is 3.00. The van der Waals surface area contributed by atoms with Crippen LogP contribution in [0, 0.1) is 6.92 Å². The predicted molar refractivity (Wildman–Crippen MR) is 70.5 cm³/mol. The molecule has 2 N–H and O–H groups in total. The molecule has 1 aromatic carbocycles. The van der Waals surface area contributed by atoms with Crippen LogP contribution in [0.5, 0.6) is 0 Å². The summed E-state index contributed by atoms with van der Waals surface area (Å²) >= 11 is 5.89. The van der Waals surface area contributed by atoms with Crippen LogP contribution in [-0.4, -0.2) is 18.0 Å². The molecule has 2 rings (SSSR count). The normalized spacial score (nSPS) is 16.6. The summed E-state index contributed by atoms with van der Waals surface area (Å²) in [4.78, 5) is 11.7. The van der Waals surface area contributed by atoms with Crippen LogP contribution >= 0.6 is 11.6 Å². The largest absolute Gasteiger partial charge is 0.325 e. The molecule has 17 heavy (non-hydrogen) atoms. The Bertz CT molecular complexity index is 441. The van der Waals surface area contributed by atoms with Crippen molar-refractivity contribution in [2.24, 2.45) is 0 Å². The van der Waals surface area contributed by atoms with E-state index in [1.807, 2.05) is 19.1 Å². The highest BCUT2D eigenvalue weighted by Crippen LogP contribution is 2.33. The van der Waals surface area contributed by atoms with E-state index in [2.05, 4.69) is 17.6 Å². The monoisotopic (exact) mass is 252 g/mol. The summed E-state index contributed by atoms with van der Waals surface area (Å²) < 4.78 is 0. The van der Waals surface area contributed by atoms with Gasteiger partial charge in [0.05, 0.1) is 6.54 Å². The van der Waals surface area contributed by atoms with E-state index in [0.29, 0.717) is 11.6 Å². The van der Waals surface area contributed by atoms with E-state index in [9.17, 15) is 4.79 Å². The number of anilines is 1. The Morgan fingerprint density at radius 2 is 2.18 bits per heavy atom. The lowest BCUT2D eigenvalue weighted by atomic mass is 10.2. The van der Waals surface area contributed by atoms with Crippen LogP contribution in [-0.2, 0) is 4.79 Å². The maximum absolute atomic E-state index is 11.7. The van der Waals surface area contributed by atoms with E-state index in [-0.39, 0.29) is 11.4 Å². The highest BCUT2D eigenvalue weighted by atomic mass is 35.5. The van der Waals surface area contributed by atoms with Gasteiger partial charge in [-0.05, 0) is 44.4 Å². The van der Waals surface area contributed by atoms with Crippen molar-refractivity contribution in [2.75, 3.05) is 11.9 Å². The number of aryl methyl sites for hydroxylation is 1. The zero-order valence-electron chi connectivity index (χ0n) is 10.1. The summed E-state index contributed by atoms with van der Waals surface area (Å²) in [5.74, 6) is -0.0245. The van der Waals surface area contributed by atoms with Gasteiger partial charge in [-0.25, -0.2) is 0 Å². The Labute approximate surface area is 107 Å². The fourth-order valence-electron chi connectivity index (χ4n) is 1.58. The second-order valence-electron chi connectivity index (χ2n) is 4.92. The number of benzene rings is 1. The van der Waals surface area contributed by atoms with Gasteiger partial charge in [0.2, 0.25) is 5.91 Å². The molecule has 0 spiro atoms. The zero-order chi connectivity index (χ0) is 12.5. The molecule has 0 aromatic heterocycles. The number of hydrogen-bond donors (Lipinski definition) is 2. The Morgan fingerprint density at radius 1 is 1.47 bits per heavy atom. The Morgan fingerprint density at radius 3 is 2.82 bits per heavy atom. The van der Waals surface area contributed by atoms with Crippen LogP contribution < -0.4 is 10.6 Å². The lowest BCUT2D eigenvalue weighted by molar-refractivity contribution is -0.115. The Balaban J connectivity index is 1.90. The summed E-state index contributed by atoms with van der Waals surface area (Å²) in [6, 6.07) is 5.48. The molecular weight excluding hydrogens is 236 g/mol. The highest BCUT2D eigenvalue weighted by molar-refractivity contribution is 6.31. The minimum absolute atomic E-state index is 0.0245. The molecule has 1 aromatic rings. The zero-order valence-corrected chi connectivity index (χ0v) is 10.9. The molecule has 0 aliphatic heterocycles. The first-order valence-electron chi connectivity index (χ1n) is 5.80. The lowest BCUT2D eigenvalue weighted by Gasteiger charge is -2.12. The number of halogens is 1. The maximum Gasteiger partial charge on any atom is 0.238 e. The van der Waals surface area contributed by atoms with E-state index in [1.54, 1.807) is 6.07 Å². The third-order valence-electron chi connectivity index (χ3n) is 3.15. The van der Waals surface area contributed by atoms with Gasteiger partial charge in [-0.1, -0.05) is 17.7 Å². The van der Waals surface area contributed by atoms with E-state index in [1.165, 1.54) is 0 Å². The van der Waals surface area contributed by atoms with Crippen molar-refractivity contribution in [3.05, 3.63) is 28.8 Å². The molecule has 0 saturated heterocycles. The molecule has 1 fully saturated rings. The summed E-state index contributed by atoms with van der Waals surface area (Å²) in [6.45, 7) is 4.43. The molecule has 0 heterocycles. The Kier molecular flexibility index (Phi) is 3.40. The van der Waals surface area contributed by atoms with Gasteiger partial charge < -0.3 is 10.6 Å². The molecule has 0 unspecified atom stereocenters. The molecule has 1 aliphatic rings. The van der Waals surface area contributed by atoms with Crippen LogP contribution in [0.4, 0.5) is 5.69 Å². The van der Waals surface area contributed by atoms with Gasteiger partial charge in [0.25, 0.3) is 0 Å².